The molecule has 82 valence electrons. The zero-order valence-corrected chi connectivity index (χ0v) is 8.90. The molecule has 0 saturated carbocycles. The first-order valence-electron chi connectivity index (χ1n) is 4.59. The van der Waals surface area contributed by atoms with Crippen LogP contribution in [-0.4, -0.2) is 11.0 Å². The Morgan fingerprint density at radius 1 is 0.938 bits per heavy atom. The van der Waals surface area contributed by atoms with Crippen molar-refractivity contribution in [1.29, 1.82) is 0 Å². The smallest absolute Gasteiger partial charge is 0.165 e. The molecular weight excluding hydrogens is 233 g/mol. The lowest BCUT2D eigenvalue weighted by molar-refractivity contribution is -0.0555. The third-order valence-electron chi connectivity index (χ3n) is 2.29. The van der Waals surface area contributed by atoms with E-state index in [0.29, 0.717) is 5.39 Å². The van der Waals surface area contributed by atoms with Crippen molar-refractivity contribution in [3.05, 3.63) is 48.0 Å². The summed E-state index contributed by atoms with van der Waals surface area (Å²) in [5.74, 6) is 0. The fraction of sp³-hybridized carbons (Fsp3) is 0.0833. The van der Waals surface area contributed by atoms with Crippen LogP contribution in [0.3, 0.4) is 0 Å². The zero-order chi connectivity index (χ0) is 11.8. The minimum absolute atomic E-state index is 0.0700. The molecule has 0 unspecified atom stereocenters. The molecule has 4 heteroatoms. The summed E-state index contributed by atoms with van der Waals surface area (Å²) in [6.45, 7) is 0. The molecule has 2 aromatic rings. The number of rotatable bonds is 1. The van der Waals surface area contributed by atoms with Gasteiger partial charge in [-0.15, -0.1) is 0 Å². The molecule has 0 aliphatic carbocycles. The first-order valence-corrected chi connectivity index (χ1v) is 5.00. The second kappa shape index (κ2) is 3.87. The normalized spacial score (nSPS) is 11.7. The van der Waals surface area contributed by atoms with E-state index in [9.17, 15) is 13.2 Å². The predicted octanol–water partition coefficient (Wildman–Crippen LogP) is 4.12. The minimum atomic E-state index is -4.46. The van der Waals surface area contributed by atoms with E-state index in [0.717, 1.165) is 5.39 Å². The molecule has 0 fully saturated rings. The molecule has 0 aliphatic heterocycles. The lowest BCUT2D eigenvalue weighted by Crippen LogP contribution is -2.21. The van der Waals surface area contributed by atoms with Gasteiger partial charge in [-0.2, -0.15) is 13.2 Å². The highest BCUT2D eigenvalue weighted by atomic mass is 32.1. The Bertz CT molecular complexity index is 538. The Kier molecular flexibility index (Phi) is 2.68. The van der Waals surface area contributed by atoms with Crippen LogP contribution in [0.5, 0.6) is 0 Å². The van der Waals surface area contributed by atoms with Gasteiger partial charge in [0, 0.05) is 5.56 Å². The number of benzene rings is 2. The monoisotopic (exact) mass is 240 g/mol. The van der Waals surface area contributed by atoms with Gasteiger partial charge in [0.2, 0.25) is 0 Å². The van der Waals surface area contributed by atoms with E-state index in [1.165, 1.54) is 6.07 Å². The second-order valence-corrected chi connectivity index (χ2v) is 3.76. The molecule has 0 aliphatic rings. The number of hydrogen-bond donors (Lipinski definition) is 0. The molecule has 0 bridgehead atoms. The zero-order valence-electron chi connectivity index (χ0n) is 8.08. The summed E-state index contributed by atoms with van der Waals surface area (Å²) in [7, 11) is 0. The van der Waals surface area contributed by atoms with E-state index in [1.54, 1.807) is 36.4 Å². The molecule has 0 atom stereocenters. The molecule has 0 spiro atoms. The fourth-order valence-corrected chi connectivity index (χ4v) is 1.75. The van der Waals surface area contributed by atoms with Crippen molar-refractivity contribution < 1.29 is 13.2 Å². The van der Waals surface area contributed by atoms with Gasteiger partial charge in [-0.1, -0.05) is 54.7 Å². The molecule has 0 radical (unpaired) electrons. The van der Waals surface area contributed by atoms with Crippen LogP contribution < -0.4 is 0 Å². The van der Waals surface area contributed by atoms with Crippen molar-refractivity contribution in [3.63, 3.8) is 0 Å². The maximum absolute atomic E-state index is 12.5. The van der Waals surface area contributed by atoms with E-state index in [4.69, 9.17) is 0 Å². The van der Waals surface area contributed by atoms with Gasteiger partial charge in [-0.25, -0.2) is 0 Å². The van der Waals surface area contributed by atoms with Crippen molar-refractivity contribution >= 4 is 27.9 Å². The molecule has 0 amide bonds. The highest BCUT2D eigenvalue weighted by molar-refractivity contribution is 7.81. The fourth-order valence-electron chi connectivity index (χ4n) is 1.58. The molecule has 0 aromatic heterocycles. The van der Waals surface area contributed by atoms with Gasteiger partial charge in [0.05, 0.1) is 0 Å². The number of fused-ring (bicyclic) bond motifs is 1. The van der Waals surface area contributed by atoms with Crippen LogP contribution in [0.2, 0.25) is 0 Å². The molecule has 16 heavy (non-hydrogen) atoms. The third-order valence-corrected chi connectivity index (χ3v) is 2.74. The van der Waals surface area contributed by atoms with Crippen molar-refractivity contribution in [2.24, 2.45) is 0 Å². The second-order valence-electron chi connectivity index (χ2n) is 3.35. The average molecular weight is 240 g/mol. The molecule has 0 nitrogen and oxygen atoms in total. The van der Waals surface area contributed by atoms with Crippen LogP contribution in [-0.2, 0) is 0 Å². The van der Waals surface area contributed by atoms with Crippen molar-refractivity contribution in [2.75, 3.05) is 0 Å². The number of halogens is 3. The van der Waals surface area contributed by atoms with Crippen LogP contribution >= 0.6 is 12.2 Å². The van der Waals surface area contributed by atoms with Gasteiger partial charge in [0.15, 0.2) is 0 Å². The maximum atomic E-state index is 12.5. The van der Waals surface area contributed by atoms with E-state index < -0.39 is 11.0 Å². The van der Waals surface area contributed by atoms with Crippen LogP contribution in [0.4, 0.5) is 13.2 Å². The number of hydrogen-bond acceptors (Lipinski definition) is 1. The number of thiocarbonyl (C=S) groups is 1. The summed E-state index contributed by atoms with van der Waals surface area (Å²) in [5, 5.41) is 1.29. The Balaban J connectivity index is 2.66. The Hall–Kier alpha value is -1.42. The molecule has 0 heterocycles. The Labute approximate surface area is 95.7 Å². The highest BCUT2D eigenvalue weighted by Gasteiger charge is 2.35. The predicted molar refractivity (Wildman–Crippen MR) is 61.7 cm³/mol. The van der Waals surface area contributed by atoms with Crippen LogP contribution in [0.25, 0.3) is 10.8 Å². The van der Waals surface area contributed by atoms with Crippen molar-refractivity contribution in [2.45, 2.75) is 6.18 Å². The lowest BCUT2D eigenvalue weighted by Gasteiger charge is -2.10. The molecular formula is C12H7F3S. The van der Waals surface area contributed by atoms with E-state index >= 15 is 0 Å². The van der Waals surface area contributed by atoms with Gasteiger partial charge in [0.25, 0.3) is 0 Å². The third kappa shape index (κ3) is 1.93. The molecule has 2 aromatic carbocycles. The Morgan fingerprint density at radius 3 is 2.25 bits per heavy atom. The summed E-state index contributed by atoms with van der Waals surface area (Å²) in [4.78, 5) is -0.968. The molecule has 0 N–H and O–H groups in total. The quantitative estimate of drug-likeness (QED) is 0.533. The minimum Gasteiger partial charge on any atom is -0.165 e. The van der Waals surface area contributed by atoms with E-state index in [-0.39, 0.29) is 5.56 Å². The molecule has 2 rings (SSSR count). The van der Waals surface area contributed by atoms with Gasteiger partial charge in [0.1, 0.15) is 4.86 Å². The topological polar surface area (TPSA) is 0 Å². The van der Waals surface area contributed by atoms with Gasteiger partial charge >= 0.3 is 6.18 Å². The van der Waals surface area contributed by atoms with Crippen LogP contribution in [0, 0.1) is 0 Å². The molecule has 0 saturated heterocycles. The average Bonchev–Trinajstić information content (AvgIpc) is 2.26. The first-order chi connectivity index (χ1) is 7.50. The Morgan fingerprint density at radius 2 is 1.56 bits per heavy atom. The number of alkyl halides is 3. The maximum Gasteiger partial charge on any atom is 0.427 e. The summed E-state index contributed by atoms with van der Waals surface area (Å²) >= 11 is 4.46. The summed E-state index contributed by atoms with van der Waals surface area (Å²) in [6.07, 6.45) is -4.46. The SMILES string of the molecule is FC(F)(F)C(=S)c1cccc2ccccc12. The van der Waals surface area contributed by atoms with Gasteiger partial charge < -0.3 is 0 Å². The van der Waals surface area contributed by atoms with E-state index in [2.05, 4.69) is 12.2 Å². The van der Waals surface area contributed by atoms with Crippen LogP contribution in [0.1, 0.15) is 5.56 Å². The summed E-state index contributed by atoms with van der Waals surface area (Å²) in [5.41, 5.74) is 0.0700. The summed E-state index contributed by atoms with van der Waals surface area (Å²) < 4.78 is 37.6. The van der Waals surface area contributed by atoms with Crippen LogP contribution in [0.15, 0.2) is 42.5 Å². The van der Waals surface area contributed by atoms with Gasteiger partial charge in [-0.05, 0) is 10.8 Å². The summed E-state index contributed by atoms with van der Waals surface area (Å²) in [6, 6.07) is 11.6. The van der Waals surface area contributed by atoms with Gasteiger partial charge in [-0.3, -0.25) is 0 Å². The highest BCUT2D eigenvalue weighted by Crippen LogP contribution is 2.27. The lowest BCUT2D eigenvalue weighted by atomic mass is 10.0. The standard InChI is InChI=1S/C12H7F3S/c13-12(14,15)11(16)10-7-3-5-8-4-1-2-6-9(8)10/h1-7H. The van der Waals surface area contributed by atoms with Crippen molar-refractivity contribution in [3.8, 4) is 0 Å². The largest absolute Gasteiger partial charge is 0.427 e. The first kappa shape index (κ1) is 11.1. The van der Waals surface area contributed by atoms with E-state index in [1.807, 2.05) is 0 Å². The van der Waals surface area contributed by atoms with Crippen molar-refractivity contribution in [1.82, 2.24) is 0 Å².